The molecule has 1 aromatic carbocycles. The van der Waals surface area contributed by atoms with E-state index in [0.29, 0.717) is 0 Å². The molecule has 0 bridgehead atoms. The Morgan fingerprint density at radius 3 is 2.33 bits per heavy atom. The van der Waals surface area contributed by atoms with E-state index in [2.05, 4.69) is 24.4 Å². The monoisotopic (exact) mass is 249 g/mol. The van der Waals surface area contributed by atoms with Crippen molar-refractivity contribution in [2.45, 2.75) is 51.5 Å². The molecule has 0 aliphatic carbocycles. The molecule has 2 heteroatoms. The van der Waals surface area contributed by atoms with Crippen molar-refractivity contribution in [3.8, 4) is 0 Å². The van der Waals surface area contributed by atoms with Gasteiger partial charge >= 0.3 is 0 Å². The van der Waals surface area contributed by atoms with Crippen LogP contribution in [0.15, 0.2) is 30.3 Å². The molecule has 2 nitrogen and oxygen atoms in total. The summed E-state index contributed by atoms with van der Waals surface area (Å²) in [6, 6.07) is 10.3. The van der Waals surface area contributed by atoms with Crippen molar-refractivity contribution in [1.29, 1.82) is 0 Å². The third kappa shape index (κ3) is 6.18. The smallest absolute Gasteiger partial charge is 0.0626 e. The molecule has 1 aromatic rings. The largest absolute Gasteiger partial charge is 0.394 e. The van der Waals surface area contributed by atoms with Crippen LogP contribution in [0.3, 0.4) is 0 Å². The number of rotatable bonds is 10. The zero-order valence-electron chi connectivity index (χ0n) is 11.6. The highest BCUT2D eigenvalue weighted by Crippen LogP contribution is 2.12. The molecule has 0 aliphatic heterocycles. The zero-order chi connectivity index (χ0) is 13.1. The van der Waals surface area contributed by atoms with E-state index in [0.717, 1.165) is 6.54 Å². The van der Waals surface area contributed by atoms with Gasteiger partial charge < -0.3 is 10.4 Å². The first-order valence-corrected chi connectivity index (χ1v) is 7.27. The van der Waals surface area contributed by atoms with Crippen LogP contribution in [0.4, 0.5) is 0 Å². The van der Waals surface area contributed by atoms with Gasteiger partial charge in [0.15, 0.2) is 0 Å². The van der Waals surface area contributed by atoms with Crippen molar-refractivity contribution in [3.05, 3.63) is 35.9 Å². The van der Waals surface area contributed by atoms with Crippen LogP contribution in [-0.4, -0.2) is 18.3 Å². The molecule has 0 saturated carbocycles. The molecule has 0 unspecified atom stereocenters. The summed E-state index contributed by atoms with van der Waals surface area (Å²) in [5, 5.41) is 12.8. The fraction of sp³-hybridized carbons (Fsp3) is 0.625. The highest BCUT2D eigenvalue weighted by atomic mass is 16.3. The number of aliphatic hydroxyl groups is 1. The summed E-state index contributed by atoms with van der Waals surface area (Å²) in [5.74, 6) is 0. The zero-order valence-corrected chi connectivity index (χ0v) is 11.6. The van der Waals surface area contributed by atoms with Gasteiger partial charge in [0, 0.05) is 0 Å². The average molecular weight is 249 g/mol. The Morgan fingerprint density at radius 2 is 1.67 bits per heavy atom. The SMILES string of the molecule is CCCCCCCCN[C@@H](CO)c1ccccc1. The summed E-state index contributed by atoms with van der Waals surface area (Å²) in [6.07, 6.45) is 7.85. The predicted octanol–water partition coefficient (Wildman–Crippen LogP) is 3.67. The molecule has 0 radical (unpaired) electrons. The van der Waals surface area contributed by atoms with Crippen LogP contribution in [-0.2, 0) is 0 Å². The number of aliphatic hydroxyl groups excluding tert-OH is 1. The molecule has 0 saturated heterocycles. The summed E-state index contributed by atoms with van der Waals surface area (Å²) in [5.41, 5.74) is 1.17. The fourth-order valence-electron chi connectivity index (χ4n) is 2.15. The van der Waals surface area contributed by atoms with Gasteiger partial charge in [-0.1, -0.05) is 69.4 Å². The number of hydrogen-bond donors (Lipinski definition) is 2. The van der Waals surface area contributed by atoms with Crippen molar-refractivity contribution in [2.75, 3.05) is 13.2 Å². The Labute approximate surface area is 111 Å². The van der Waals surface area contributed by atoms with Crippen LogP contribution >= 0.6 is 0 Å². The molecule has 0 amide bonds. The van der Waals surface area contributed by atoms with E-state index in [1.165, 1.54) is 44.1 Å². The summed E-state index contributed by atoms with van der Waals surface area (Å²) in [4.78, 5) is 0. The molecule has 0 aromatic heterocycles. The maximum absolute atomic E-state index is 9.39. The van der Waals surface area contributed by atoms with E-state index in [-0.39, 0.29) is 12.6 Å². The molecule has 102 valence electrons. The van der Waals surface area contributed by atoms with E-state index in [4.69, 9.17) is 0 Å². The first-order valence-electron chi connectivity index (χ1n) is 7.27. The summed E-state index contributed by atoms with van der Waals surface area (Å²) < 4.78 is 0. The molecule has 2 N–H and O–H groups in total. The third-order valence-corrected chi connectivity index (χ3v) is 3.31. The van der Waals surface area contributed by atoms with Crippen LogP contribution in [0.25, 0.3) is 0 Å². The van der Waals surface area contributed by atoms with Gasteiger partial charge in [-0.2, -0.15) is 0 Å². The minimum Gasteiger partial charge on any atom is -0.394 e. The highest BCUT2D eigenvalue weighted by Gasteiger charge is 2.07. The van der Waals surface area contributed by atoms with Crippen LogP contribution in [0.5, 0.6) is 0 Å². The highest BCUT2D eigenvalue weighted by molar-refractivity contribution is 5.18. The van der Waals surface area contributed by atoms with E-state index >= 15 is 0 Å². The standard InChI is InChI=1S/C16H27NO/c1-2-3-4-5-6-10-13-17-16(14-18)15-11-8-7-9-12-15/h7-9,11-12,16-18H,2-6,10,13-14H2,1H3/t16-/m0/s1. The second-order valence-electron chi connectivity index (χ2n) is 4.87. The number of unbranched alkanes of at least 4 members (excludes halogenated alkanes) is 5. The second kappa shape index (κ2) is 10.1. The van der Waals surface area contributed by atoms with Crippen LogP contribution in [0.1, 0.15) is 57.1 Å². The molecule has 1 rings (SSSR count). The van der Waals surface area contributed by atoms with E-state index in [1.54, 1.807) is 0 Å². The normalized spacial score (nSPS) is 12.6. The van der Waals surface area contributed by atoms with Gasteiger partial charge in [-0.15, -0.1) is 0 Å². The Morgan fingerprint density at radius 1 is 1.00 bits per heavy atom. The first-order chi connectivity index (χ1) is 8.88. The quantitative estimate of drug-likeness (QED) is 0.620. The van der Waals surface area contributed by atoms with E-state index < -0.39 is 0 Å². The lowest BCUT2D eigenvalue weighted by Gasteiger charge is -2.16. The topological polar surface area (TPSA) is 32.3 Å². The maximum Gasteiger partial charge on any atom is 0.0626 e. The minimum atomic E-state index is 0.0850. The lowest BCUT2D eigenvalue weighted by atomic mass is 10.1. The third-order valence-electron chi connectivity index (χ3n) is 3.31. The Balaban J connectivity index is 2.13. The minimum absolute atomic E-state index is 0.0850. The van der Waals surface area contributed by atoms with Crippen molar-refractivity contribution in [3.63, 3.8) is 0 Å². The van der Waals surface area contributed by atoms with E-state index in [1.807, 2.05) is 18.2 Å². The number of benzene rings is 1. The van der Waals surface area contributed by atoms with Gasteiger partial charge in [-0.05, 0) is 18.5 Å². The van der Waals surface area contributed by atoms with E-state index in [9.17, 15) is 5.11 Å². The second-order valence-corrected chi connectivity index (χ2v) is 4.87. The molecule has 0 spiro atoms. The van der Waals surface area contributed by atoms with Crippen molar-refractivity contribution >= 4 is 0 Å². The number of hydrogen-bond acceptors (Lipinski definition) is 2. The van der Waals surface area contributed by atoms with Crippen LogP contribution in [0, 0.1) is 0 Å². The van der Waals surface area contributed by atoms with Gasteiger partial charge in [-0.3, -0.25) is 0 Å². The maximum atomic E-state index is 9.39. The van der Waals surface area contributed by atoms with Gasteiger partial charge in [-0.25, -0.2) is 0 Å². The van der Waals surface area contributed by atoms with Crippen molar-refractivity contribution in [1.82, 2.24) is 5.32 Å². The Bertz CT molecular complexity index is 286. The molecule has 0 fully saturated rings. The fourth-order valence-corrected chi connectivity index (χ4v) is 2.15. The summed E-state index contributed by atoms with van der Waals surface area (Å²) >= 11 is 0. The van der Waals surface area contributed by atoms with Crippen LogP contribution < -0.4 is 5.32 Å². The predicted molar refractivity (Wildman–Crippen MR) is 77.6 cm³/mol. The lowest BCUT2D eigenvalue weighted by Crippen LogP contribution is -2.25. The lowest BCUT2D eigenvalue weighted by molar-refractivity contribution is 0.244. The Hall–Kier alpha value is -0.860. The average Bonchev–Trinajstić information content (AvgIpc) is 2.43. The molecule has 18 heavy (non-hydrogen) atoms. The molecule has 0 aliphatic rings. The molecular weight excluding hydrogens is 222 g/mol. The number of nitrogens with one attached hydrogen (secondary N) is 1. The van der Waals surface area contributed by atoms with Gasteiger partial charge in [0.1, 0.15) is 0 Å². The van der Waals surface area contributed by atoms with Crippen molar-refractivity contribution in [2.24, 2.45) is 0 Å². The van der Waals surface area contributed by atoms with Gasteiger partial charge in [0.2, 0.25) is 0 Å². The molecule has 0 heterocycles. The Kier molecular flexibility index (Phi) is 8.53. The van der Waals surface area contributed by atoms with Crippen molar-refractivity contribution < 1.29 is 5.11 Å². The van der Waals surface area contributed by atoms with Gasteiger partial charge in [0.25, 0.3) is 0 Å². The summed E-state index contributed by atoms with van der Waals surface area (Å²) in [7, 11) is 0. The summed E-state index contributed by atoms with van der Waals surface area (Å²) in [6.45, 7) is 3.40. The first kappa shape index (κ1) is 15.2. The molecule has 1 atom stereocenters. The van der Waals surface area contributed by atoms with Gasteiger partial charge in [0.05, 0.1) is 12.6 Å². The van der Waals surface area contributed by atoms with Crippen LogP contribution in [0.2, 0.25) is 0 Å². The molecular formula is C16H27NO.